The lowest BCUT2D eigenvalue weighted by Gasteiger charge is -2.05. The van der Waals surface area contributed by atoms with Crippen molar-refractivity contribution in [2.45, 2.75) is 33.1 Å². The molecule has 4 heteroatoms. The number of H-pyrrole nitrogens is 1. The number of hydrogen-bond acceptors (Lipinski definition) is 2. The molecule has 2 rings (SSSR count). The van der Waals surface area contributed by atoms with Gasteiger partial charge < -0.3 is 0 Å². The van der Waals surface area contributed by atoms with Crippen molar-refractivity contribution in [1.29, 1.82) is 0 Å². The number of aromatic nitrogens is 3. The molecule has 0 atom stereocenters. The molecule has 1 aromatic heterocycles. The number of nitrogens with one attached hydrogen (secondary N) is 1. The monoisotopic (exact) mass is 247 g/mol. The number of rotatable bonds is 4. The molecule has 1 heterocycles. The van der Waals surface area contributed by atoms with E-state index in [0.717, 1.165) is 17.9 Å². The number of aromatic amines is 1. The molecule has 0 aliphatic rings. The standard InChI is InChI=1S/C13H17N3S/c1-3-4-5-11-6-8-12(9-7-11)16-10(2)14-15-13(16)17/h6-9H,3-5H2,1-2H3,(H,15,17). The number of aryl methyl sites for hydroxylation is 2. The van der Waals surface area contributed by atoms with E-state index >= 15 is 0 Å². The maximum Gasteiger partial charge on any atom is 0.199 e. The predicted octanol–water partition coefficient (Wildman–Crippen LogP) is 3.58. The van der Waals surface area contributed by atoms with Gasteiger partial charge in [-0.05, 0) is 49.7 Å². The van der Waals surface area contributed by atoms with E-state index in [0.29, 0.717) is 4.77 Å². The minimum atomic E-state index is 0.642. The summed E-state index contributed by atoms with van der Waals surface area (Å²) < 4.78 is 2.59. The summed E-state index contributed by atoms with van der Waals surface area (Å²) in [7, 11) is 0. The molecule has 0 unspecified atom stereocenters. The minimum Gasteiger partial charge on any atom is -0.272 e. The van der Waals surface area contributed by atoms with Crippen molar-refractivity contribution in [2.75, 3.05) is 0 Å². The molecule has 90 valence electrons. The molecule has 0 saturated carbocycles. The molecule has 0 spiro atoms. The van der Waals surface area contributed by atoms with Crippen molar-refractivity contribution in [1.82, 2.24) is 14.8 Å². The summed E-state index contributed by atoms with van der Waals surface area (Å²) in [5.74, 6) is 0.885. The fourth-order valence-electron chi connectivity index (χ4n) is 1.87. The van der Waals surface area contributed by atoms with Gasteiger partial charge in [-0.25, -0.2) is 0 Å². The number of benzene rings is 1. The highest BCUT2D eigenvalue weighted by Gasteiger charge is 2.03. The van der Waals surface area contributed by atoms with Gasteiger partial charge in [0.2, 0.25) is 0 Å². The fourth-order valence-corrected chi connectivity index (χ4v) is 2.16. The van der Waals surface area contributed by atoms with Gasteiger partial charge in [-0.1, -0.05) is 25.5 Å². The average Bonchev–Trinajstić information content (AvgIpc) is 2.67. The van der Waals surface area contributed by atoms with Gasteiger partial charge in [0.15, 0.2) is 4.77 Å². The van der Waals surface area contributed by atoms with E-state index in [2.05, 4.69) is 41.4 Å². The van der Waals surface area contributed by atoms with Crippen LogP contribution in [0.1, 0.15) is 31.2 Å². The molecule has 0 aliphatic carbocycles. The largest absolute Gasteiger partial charge is 0.272 e. The molecule has 0 amide bonds. The summed E-state index contributed by atoms with van der Waals surface area (Å²) >= 11 is 5.20. The molecule has 0 fully saturated rings. The van der Waals surface area contributed by atoms with Crippen LogP contribution in [0, 0.1) is 11.7 Å². The average molecular weight is 247 g/mol. The van der Waals surface area contributed by atoms with E-state index in [9.17, 15) is 0 Å². The van der Waals surface area contributed by atoms with Crippen molar-refractivity contribution in [2.24, 2.45) is 0 Å². The molecule has 3 nitrogen and oxygen atoms in total. The molecule has 0 saturated heterocycles. The highest BCUT2D eigenvalue weighted by molar-refractivity contribution is 7.71. The van der Waals surface area contributed by atoms with Gasteiger partial charge in [0, 0.05) is 5.69 Å². The molecular formula is C13H17N3S. The first kappa shape index (κ1) is 12.0. The van der Waals surface area contributed by atoms with Crippen molar-refractivity contribution >= 4 is 12.2 Å². The summed E-state index contributed by atoms with van der Waals surface area (Å²) in [4.78, 5) is 0. The van der Waals surface area contributed by atoms with Crippen molar-refractivity contribution < 1.29 is 0 Å². The second-order valence-electron chi connectivity index (χ2n) is 4.18. The first-order valence-corrected chi connectivity index (χ1v) is 6.36. The van der Waals surface area contributed by atoms with Gasteiger partial charge in [-0.15, -0.1) is 0 Å². The van der Waals surface area contributed by atoms with Crippen LogP contribution in [0.2, 0.25) is 0 Å². The number of unbranched alkanes of at least 4 members (excludes halogenated alkanes) is 1. The molecular weight excluding hydrogens is 230 g/mol. The second-order valence-corrected chi connectivity index (χ2v) is 4.57. The number of nitrogens with zero attached hydrogens (tertiary/aromatic N) is 2. The first-order valence-electron chi connectivity index (χ1n) is 5.95. The minimum absolute atomic E-state index is 0.642. The Hall–Kier alpha value is -1.42. The van der Waals surface area contributed by atoms with Crippen molar-refractivity contribution in [3.05, 3.63) is 40.4 Å². The van der Waals surface area contributed by atoms with Crippen LogP contribution in [0.15, 0.2) is 24.3 Å². The molecule has 17 heavy (non-hydrogen) atoms. The Morgan fingerprint density at radius 1 is 1.29 bits per heavy atom. The van der Waals surface area contributed by atoms with Gasteiger partial charge >= 0.3 is 0 Å². The molecule has 1 aromatic carbocycles. The molecule has 0 radical (unpaired) electrons. The lowest BCUT2D eigenvalue weighted by Crippen LogP contribution is -1.97. The Balaban J connectivity index is 2.27. The van der Waals surface area contributed by atoms with E-state index in [1.54, 1.807) is 0 Å². The van der Waals surface area contributed by atoms with Gasteiger partial charge in [0.05, 0.1) is 0 Å². The van der Waals surface area contributed by atoms with Crippen LogP contribution in [-0.4, -0.2) is 14.8 Å². The zero-order chi connectivity index (χ0) is 12.3. The maximum absolute atomic E-state index is 5.20. The zero-order valence-electron chi connectivity index (χ0n) is 10.2. The molecule has 1 N–H and O–H groups in total. The Morgan fingerprint density at radius 2 is 2.00 bits per heavy atom. The van der Waals surface area contributed by atoms with Gasteiger partial charge in [0.25, 0.3) is 0 Å². The van der Waals surface area contributed by atoms with Crippen LogP contribution in [0.3, 0.4) is 0 Å². The Morgan fingerprint density at radius 3 is 2.53 bits per heavy atom. The SMILES string of the molecule is CCCCc1ccc(-n2c(C)n[nH]c2=S)cc1. The Kier molecular flexibility index (Phi) is 3.74. The summed E-state index contributed by atoms with van der Waals surface area (Å²) in [6.07, 6.45) is 3.61. The van der Waals surface area contributed by atoms with E-state index in [1.807, 2.05) is 11.5 Å². The van der Waals surface area contributed by atoms with Crippen LogP contribution >= 0.6 is 12.2 Å². The van der Waals surface area contributed by atoms with E-state index in [4.69, 9.17) is 12.2 Å². The van der Waals surface area contributed by atoms with Crippen LogP contribution in [0.5, 0.6) is 0 Å². The van der Waals surface area contributed by atoms with E-state index in [-0.39, 0.29) is 0 Å². The van der Waals surface area contributed by atoms with Gasteiger partial charge in [0.1, 0.15) is 5.82 Å². The normalized spacial score (nSPS) is 10.7. The van der Waals surface area contributed by atoms with Crippen LogP contribution in [0.4, 0.5) is 0 Å². The van der Waals surface area contributed by atoms with Gasteiger partial charge in [-0.3, -0.25) is 9.67 Å². The van der Waals surface area contributed by atoms with E-state index in [1.165, 1.54) is 18.4 Å². The lowest BCUT2D eigenvalue weighted by molar-refractivity contribution is 0.794. The third kappa shape index (κ3) is 2.64. The zero-order valence-corrected chi connectivity index (χ0v) is 11.0. The van der Waals surface area contributed by atoms with Crippen LogP contribution < -0.4 is 0 Å². The summed E-state index contributed by atoms with van der Waals surface area (Å²) in [5, 5.41) is 6.91. The molecule has 0 bridgehead atoms. The first-order chi connectivity index (χ1) is 8.22. The summed E-state index contributed by atoms with van der Waals surface area (Å²) in [6, 6.07) is 8.53. The Labute approximate surface area is 106 Å². The van der Waals surface area contributed by atoms with Crippen molar-refractivity contribution in [3.8, 4) is 5.69 Å². The third-order valence-electron chi connectivity index (χ3n) is 2.85. The third-order valence-corrected chi connectivity index (χ3v) is 3.13. The maximum atomic E-state index is 5.20. The predicted molar refractivity (Wildman–Crippen MR) is 72.1 cm³/mol. The number of hydrogen-bond donors (Lipinski definition) is 1. The summed E-state index contributed by atoms with van der Waals surface area (Å²) in [6.45, 7) is 4.15. The second kappa shape index (κ2) is 5.27. The highest BCUT2D eigenvalue weighted by Crippen LogP contribution is 2.13. The topological polar surface area (TPSA) is 33.6 Å². The van der Waals surface area contributed by atoms with E-state index < -0.39 is 0 Å². The van der Waals surface area contributed by atoms with Crippen LogP contribution in [0.25, 0.3) is 5.69 Å². The lowest BCUT2D eigenvalue weighted by atomic mass is 10.1. The smallest absolute Gasteiger partial charge is 0.199 e. The van der Waals surface area contributed by atoms with Crippen molar-refractivity contribution in [3.63, 3.8) is 0 Å². The highest BCUT2D eigenvalue weighted by atomic mass is 32.1. The molecule has 2 aromatic rings. The van der Waals surface area contributed by atoms with Crippen LogP contribution in [-0.2, 0) is 6.42 Å². The summed E-state index contributed by atoms with van der Waals surface area (Å²) in [5.41, 5.74) is 2.45. The quantitative estimate of drug-likeness (QED) is 0.838. The fraction of sp³-hybridized carbons (Fsp3) is 0.385. The Bertz CT molecular complexity index is 537. The molecule has 0 aliphatic heterocycles. The van der Waals surface area contributed by atoms with Gasteiger partial charge in [-0.2, -0.15) is 5.10 Å².